The number of fused-ring (bicyclic) bond motifs is 2. The first-order chi connectivity index (χ1) is 14.3. The number of hydrogen-bond acceptors (Lipinski definition) is 6. The Kier molecular flexibility index (Phi) is 4.98. The van der Waals surface area contributed by atoms with Crippen LogP contribution in [0.3, 0.4) is 0 Å². The molecule has 0 unspecified atom stereocenters. The topological polar surface area (TPSA) is 74.2 Å². The van der Waals surface area contributed by atoms with Gasteiger partial charge < -0.3 is 24.1 Å². The van der Waals surface area contributed by atoms with Crippen molar-refractivity contribution in [1.29, 1.82) is 0 Å². The number of carbonyl (C=O) groups excluding carboxylic acids is 1. The summed E-state index contributed by atoms with van der Waals surface area (Å²) in [5, 5.41) is 11.3. The number of ether oxygens (including phenoxy) is 4. The van der Waals surface area contributed by atoms with Crippen LogP contribution < -0.4 is 14.2 Å². The molecule has 3 aliphatic rings. The third kappa shape index (κ3) is 3.52. The highest BCUT2D eigenvalue weighted by Crippen LogP contribution is 2.45. The molecule has 0 amide bonds. The predicted molar refractivity (Wildman–Crippen MR) is 112 cm³/mol. The molecule has 1 fully saturated rings. The van der Waals surface area contributed by atoms with Gasteiger partial charge in [0.2, 0.25) is 6.79 Å². The lowest BCUT2D eigenvalue weighted by Crippen LogP contribution is -2.55. The van der Waals surface area contributed by atoms with Crippen molar-refractivity contribution in [3.8, 4) is 17.2 Å². The van der Waals surface area contributed by atoms with Crippen LogP contribution in [0.15, 0.2) is 60.9 Å². The van der Waals surface area contributed by atoms with Crippen LogP contribution in [0.1, 0.15) is 32.3 Å². The van der Waals surface area contributed by atoms with Gasteiger partial charge >= 0.3 is 0 Å². The SMILES string of the molecule is C=CCC1=C[C@]2(O)C[C@@H](Oc3cc4c(cc3CC=C)OCO4)C(C)(C)OC2=CC1=O. The first kappa shape index (κ1) is 20.3. The predicted octanol–water partition coefficient (Wildman–Crippen LogP) is 3.79. The minimum atomic E-state index is -1.42. The first-order valence-electron chi connectivity index (χ1n) is 9.96. The lowest BCUT2D eigenvalue weighted by Gasteiger charge is -2.47. The van der Waals surface area contributed by atoms with Crippen molar-refractivity contribution >= 4 is 5.78 Å². The lowest BCUT2D eigenvalue weighted by molar-refractivity contribution is -0.147. The van der Waals surface area contributed by atoms with Gasteiger partial charge in [0, 0.05) is 29.7 Å². The highest BCUT2D eigenvalue weighted by Gasteiger charge is 2.51. The standard InChI is InChI=1S/C24H26O6/c1-5-7-15-9-19-20(28-14-27-19)11-18(15)29-22-13-24(26)12-16(8-6-2)17(25)10-21(24)30-23(22,3)4/h5-6,9-12,22,26H,1-2,7-8,13-14H2,3-4H3/t22-,24+/m1/s1. The quantitative estimate of drug-likeness (QED) is 0.720. The first-order valence-corrected chi connectivity index (χ1v) is 9.96. The molecule has 4 rings (SSSR count). The average Bonchev–Trinajstić information content (AvgIpc) is 3.12. The van der Waals surface area contributed by atoms with E-state index in [9.17, 15) is 9.90 Å². The number of ketones is 1. The minimum Gasteiger partial charge on any atom is -0.486 e. The Balaban J connectivity index is 1.67. The summed E-state index contributed by atoms with van der Waals surface area (Å²) in [6.07, 6.45) is 7.10. The molecule has 1 aromatic carbocycles. The zero-order valence-corrected chi connectivity index (χ0v) is 17.3. The van der Waals surface area contributed by atoms with E-state index in [1.165, 1.54) is 6.08 Å². The van der Waals surface area contributed by atoms with Gasteiger partial charge in [0.15, 0.2) is 17.3 Å². The normalized spacial score (nSPS) is 26.1. The molecule has 6 nitrogen and oxygen atoms in total. The van der Waals surface area contributed by atoms with Gasteiger partial charge in [0.05, 0.1) is 0 Å². The number of carbonyl (C=O) groups is 1. The zero-order chi connectivity index (χ0) is 21.5. The van der Waals surface area contributed by atoms with Crippen molar-refractivity contribution in [2.24, 2.45) is 0 Å². The Morgan fingerprint density at radius 1 is 1.20 bits per heavy atom. The van der Waals surface area contributed by atoms with Crippen molar-refractivity contribution in [3.05, 3.63) is 66.5 Å². The molecular formula is C24H26O6. The molecule has 6 heteroatoms. The maximum absolute atomic E-state index is 12.3. The van der Waals surface area contributed by atoms with Crippen molar-refractivity contribution in [1.82, 2.24) is 0 Å². The Morgan fingerprint density at radius 3 is 2.60 bits per heavy atom. The van der Waals surface area contributed by atoms with Gasteiger partial charge in [-0.3, -0.25) is 4.79 Å². The van der Waals surface area contributed by atoms with Crippen molar-refractivity contribution in [2.75, 3.05) is 6.79 Å². The van der Waals surface area contributed by atoms with E-state index < -0.39 is 17.3 Å². The Hall–Kier alpha value is -2.99. The molecule has 0 bridgehead atoms. The van der Waals surface area contributed by atoms with E-state index in [1.54, 1.807) is 24.3 Å². The third-order valence-electron chi connectivity index (χ3n) is 5.62. The van der Waals surface area contributed by atoms with Gasteiger partial charge in [-0.05, 0) is 38.8 Å². The van der Waals surface area contributed by atoms with Crippen molar-refractivity contribution < 1.29 is 28.8 Å². The van der Waals surface area contributed by atoms with Gasteiger partial charge in [-0.1, -0.05) is 12.2 Å². The molecule has 0 saturated carbocycles. The molecule has 2 aliphatic heterocycles. The summed E-state index contributed by atoms with van der Waals surface area (Å²) in [7, 11) is 0. The molecule has 1 aliphatic carbocycles. The van der Waals surface area contributed by atoms with Crippen molar-refractivity contribution in [3.63, 3.8) is 0 Å². The smallest absolute Gasteiger partial charge is 0.231 e. The van der Waals surface area contributed by atoms with E-state index in [1.807, 2.05) is 19.9 Å². The molecule has 0 aromatic heterocycles. The van der Waals surface area contributed by atoms with Crippen LogP contribution in [0.4, 0.5) is 0 Å². The van der Waals surface area contributed by atoms with E-state index >= 15 is 0 Å². The second kappa shape index (κ2) is 7.36. The molecular weight excluding hydrogens is 384 g/mol. The van der Waals surface area contributed by atoms with Crippen LogP contribution in [0.2, 0.25) is 0 Å². The number of allylic oxidation sites excluding steroid dienone is 4. The van der Waals surface area contributed by atoms with Gasteiger partial charge in [0.1, 0.15) is 28.8 Å². The summed E-state index contributed by atoms with van der Waals surface area (Å²) in [6, 6.07) is 3.69. The van der Waals surface area contributed by atoms with Crippen LogP contribution in [-0.4, -0.2) is 35.0 Å². The summed E-state index contributed by atoms with van der Waals surface area (Å²) in [5.41, 5.74) is -0.792. The lowest BCUT2D eigenvalue weighted by atomic mass is 9.78. The van der Waals surface area contributed by atoms with Crippen LogP contribution >= 0.6 is 0 Å². The van der Waals surface area contributed by atoms with Gasteiger partial charge in [-0.2, -0.15) is 0 Å². The van der Waals surface area contributed by atoms with Gasteiger partial charge in [0.25, 0.3) is 0 Å². The van der Waals surface area contributed by atoms with Crippen LogP contribution in [0.25, 0.3) is 0 Å². The molecule has 1 saturated heterocycles. The Labute approximate surface area is 176 Å². The molecule has 1 aromatic rings. The zero-order valence-electron chi connectivity index (χ0n) is 17.3. The molecule has 0 spiro atoms. The van der Waals surface area contributed by atoms with Gasteiger partial charge in [-0.25, -0.2) is 0 Å². The molecule has 2 heterocycles. The molecule has 0 radical (unpaired) electrons. The number of aliphatic hydroxyl groups is 1. The second-order valence-corrected chi connectivity index (χ2v) is 8.28. The summed E-state index contributed by atoms with van der Waals surface area (Å²) >= 11 is 0. The van der Waals surface area contributed by atoms with E-state index in [4.69, 9.17) is 18.9 Å². The third-order valence-corrected chi connectivity index (χ3v) is 5.62. The maximum atomic E-state index is 12.3. The minimum absolute atomic E-state index is 0.170. The van der Waals surface area contributed by atoms with E-state index in [0.29, 0.717) is 35.7 Å². The molecule has 2 atom stereocenters. The fourth-order valence-electron chi connectivity index (χ4n) is 3.96. The Morgan fingerprint density at radius 2 is 1.90 bits per heavy atom. The van der Waals surface area contributed by atoms with Crippen molar-refractivity contribution in [2.45, 2.75) is 50.4 Å². The molecule has 1 N–H and O–H groups in total. The van der Waals surface area contributed by atoms with E-state index in [2.05, 4.69) is 13.2 Å². The largest absolute Gasteiger partial charge is 0.486 e. The fraction of sp³-hybridized carbons (Fsp3) is 0.375. The number of rotatable bonds is 6. The maximum Gasteiger partial charge on any atom is 0.231 e. The van der Waals surface area contributed by atoms with E-state index in [-0.39, 0.29) is 24.8 Å². The Bertz CT molecular complexity index is 970. The summed E-state index contributed by atoms with van der Waals surface area (Å²) < 4.78 is 23.4. The van der Waals surface area contributed by atoms with Crippen LogP contribution in [0, 0.1) is 0 Å². The molecule has 30 heavy (non-hydrogen) atoms. The summed E-state index contributed by atoms with van der Waals surface area (Å²) in [4.78, 5) is 12.3. The average molecular weight is 410 g/mol. The highest BCUT2D eigenvalue weighted by atomic mass is 16.7. The fourth-order valence-corrected chi connectivity index (χ4v) is 3.96. The second-order valence-electron chi connectivity index (χ2n) is 8.28. The van der Waals surface area contributed by atoms with Crippen LogP contribution in [-0.2, 0) is 16.0 Å². The van der Waals surface area contributed by atoms with Crippen LogP contribution in [0.5, 0.6) is 17.2 Å². The number of benzene rings is 1. The highest BCUT2D eigenvalue weighted by molar-refractivity contribution is 6.06. The van der Waals surface area contributed by atoms with Gasteiger partial charge in [-0.15, -0.1) is 13.2 Å². The summed E-state index contributed by atoms with van der Waals surface area (Å²) in [5.74, 6) is 1.99. The molecule has 158 valence electrons. The number of hydrogen-bond donors (Lipinski definition) is 1. The summed E-state index contributed by atoms with van der Waals surface area (Å²) in [6.45, 7) is 11.4. The monoisotopic (exact) mass is 410 g/mol. The van der Waals surface area contributed by atoms with E-state index in [0.717, 1.165) is 5.56 Å².